The number of esters is 3. The van der Waals surface area contributed by atoms with E-state index in [4.69, 9.17) is 47.4 Å². The predicted octanol–water partition coefficient (Wildman–Crippen LogP) is 0.383. The van der Waals surface area contributed by atoms with E-state index in [-0.39, 0.29) is 39.4 Å². The van der Waals surface area contributed by atoms with E-state index in [1.165, 1.54) is 12.5 Å². The van der Waals surface area contributed by atoms with Crippen molar-refractivity contribution in [3.63, 3.8) is 0 Å². The fourth-order valence-corrected chi connectivity index (χ4v) is 16.6. The molecule has 9 aliphatic rings. The molecule has 0 aromatic rings. The molecule has 27 atom stereocenters. The summed E-state index contributed by atoms with van der Waals surface area (Å²) in [5.74, 6) is -2.30. The second-order valence-electron chi connectivity index (χ2n) is 26.6. The average molecular weight is 1130 g/mol. The van der Waals surface area contributed by atoms with Crippen molar-refractivity contribution >= 4 is 17.9 Å². The molecule has 0 spiro atoms. The minimum absolute atomic E-state index is 0.0941. The zero-order valence-corrected chi connectivity index (χ0v) is 47.1. The molecule has 0 aromatic heterocycles. The number of aliphatic hydroxyl groups is 10. The number of methoxy groups -OCH3 is 1. The van der Waals surface area contributed by atoms with E-state index in [1.54, 1.807) is 0 Å². The quantitative estimate of drug-likeness (QED) is 0.0579. The van der Waals surface area contributed by atoms with Crippen LogP contribution in [0.25, 0.3) is 0 Å². The summed E-state index contributed by atoms with van der Waals surface area (Å²) in [6.45, 7) is 17.3. The summed E-state index contributed by atoms with van der Waals surface area (Å²) in [5, 5.41) is 109. The summed E-state index contributed by atoms with van der Waals surface area (Å²) >= 11 is 0. The lowest BCUT2D eigenvalue weighted by Crippen LogP contribution is -2.67. The molecule has 5 aliphatic carbocycles. The number of carbonyl (C=O) groups excluding carboxylic acids is 3. The van der Waals surface area contributed by atoms with Gasteiger partial charge in [0.05, 0.1) is 37.9 Å². The first-order chi connectivity index (χ1) is 36.9. The third-order valence-electron chi connectivity index (χ3n) is 21.4. The molecule has 9 rings (SSSR count). The Labute approximate surface area is 461 Å². The molecule has 4 saturated carbocycles. The van der Waals surface area contributed by atoms with Gasteiger partial charge in [0, 0.05) is 6.92 Å². The molecule has 79 heavy (non-hydrogen) atoms. The Morgan fingerprint density at radius 3 is 1.97 bits per heavy atom. The molecule has 23 nitrogen and oxygen atoms in total. The van der Waals surface area contributed by atoms with Crippen LogP contribution in [0.5, 0.6) is 0 Å². The van der Waals surface area contributed by atoms with Crippen molar-refractivity contribution in [2.75, 3.05) is 20.3 Å². The maximum atomic E-state index is 15.3. The van der Waals surface area contributed by atoms with Crippen molar-refractivity contribution in [2.24, 2.45) is 50.2 Å². The van der Waals surface area contributed by atoms with Crippen molar-refractivity contribution < 1.29 is 113 Å². The first kappa shape index (κ1) is 61.0. The number of rotatable bonds is 11. The molecule has 10 N–H and O–H groups in total. The van der Waals surface area contributed by atoms with Crippen LogP contribution in [0.2, 0.25) is 0 Å². The van der Waals surface area contributed by atoms with Gasteiger partial charge < -0.3 is 98.4 Å². The molecule has 0 unspecified atom stereocenters. The SMILES string of the molecule is COC(=O)[C@H]1O[C@@H](O[C@H]2CC[C@]3(C)[C@H]4CC=C5[C@@H]6CC(C)(C)CC[C@]6(C(=O)O[C@@H]6O[C@H](CO)[C@@H](O)[C@H](O)[C@@H]6O[C@@H]6OC[C@@H](O)[C@H](OC(C)=O)[C@H]6O)CC[C@@]5(C)[C@]4(C)CC[C@H]3C2(C)C)[C@H](O)[C@@H](O[C@@H]2O[C@@H](C)[C@H](O)[C@@H](O)[C@H]2O)[C@@H]1O. The first-order valence-electron chi connectivity index (χ1n) is 28.4. The lowest BCUT2D eigenvalue weighted by Gasteiger charge is -2.71. The van der Waals surface area contributed by atoms with Gasteiger partial charge in [-0.1, -0.05) is 60.1 Å². The summed E-state index contributed by atoms with van der Waals surface area (Å²) in [6, 6.07) is 0. The Bertz CT molecular complexity index is 2260. The molecule has 450 valence electrons. The van der Waals surface area contributed by atoms with Crippen LogP contribution in [0.15, 0.2) is 11.6 Å². The number of allylic oxidation sites excluding steroid dienone is 2. The summed E-state index contributed by atoms with van der Waals surface area (Å²) in [4.78, 5) is 40.3. The molecular weight excluding hydrogens is 1040 g/mol. The van der Waals surface area contributed by atoms with Crippen molar-refractivity contribution in [1.82, 2.24) is 0 Å². The van der Waals surface area contributed by atoms with Crippen LogP contribution >= 0.6 is 0 Å². The highest BCUT2D eigenvalue weighted by atomic mass is 16.8. The van der Waals surface area contributed by atoms with E-state index in [0.717, 1.165) is 39.7 Å². The second kappa shape index (κ2) is 22.1. The van der Waals surface area contributed by atoms with Crippen molar-refractivity contribution in [1.29, 1.82) is 0 Å². The van der Waals surface area contributed by atoms with Gasteiger partial charge in [-0.3, -0.25) is 9.59 Å². The first-order valence-corrected chi connectivity index (χ1v) is 28.4. The maximum Gasteiger partial charge on any atom is 0.337 e. The fourth-order valence-electron chi connectivity index (χ4n) is 16.6. The lowest BCUT2D eigenvalue weighted by molar-refractivity contribution is -0.363. The zero-order chi connectivity index (χ0) is 57.9. The Morgan fingerprint density at radius 2 is 1.30 bits per heavy atom. The number of aliphatic hydroxyl groups excluding tert-OH is 10. The highest BCUT2D eigenvalue weighted by molar-refractivity contribution is 5.79. The smallest absolute Gasteiger partial charge is 0.337 e. The van der Waals surface area contributed by atoms with Gasteiger partial charge >= 0.3 is 17.9 Å². The van der Waals surface area contributed by atoms with Crippen molar-refractivity contribution in [2.45, 2.75) is 249 Å². The number of hydrogen-bond acceptors (Lipinski definition) is 23. The van der Waals surface area contributed by atoms with Crippen LogP contribution < -0.4 is 0 Å². The van der Waals surface area contributed by atoms with Gasteiger partial charge in [-0.25, -0.2) is 4.79 Å². The largest absolute Gasteiger partial charge is 0.467 e. The average Bonchev–Trinajstić information content (AvgIpc) is 3.54. The van der Waals surface area contributed by atoms with Gasteiger partial charge in [-0.15, -0.1) is 0 Å². The Balaban J connectivity index is 0.955. The van der Waals surface area contributed by atoms with E-state index in [9.17, 15) is 60.7 Å². The van der Waals surface area contributed by atoms with E-state index >= 15 is 4.79 Å². The second-order valence-corrected chi connectivity index (χ2v) is 26.6. The van der Waals surface area contributed by atoms with Gasteiger partial charge in [0.2, 0.25) is 6.29 Å². The van der Waals surface area contributed by atoms with Crippen molar-refractivity contribution in [3.05, 3.63) is 11.6 Å². The minimum Gasteiger partial charge on any atom is -0.467 e. The van der Waals surface area contributed by atoms with Crippen LogP contribution in [-0.4, -0.2) is 212 Å². The van der Waals surface area contributed by atoms with Gasteiger partial charge in [-0.05, 0) is 116 Å². The summed E-state index contributed by atoms with van der Waals surface area (Å²) < 4.78 is 58.4. The van der Waals surface area contributed by atoms with Gasteiger partial charge in [-0.2, -0.15) is 0 Å². The molecule has 8 fully saturated rings. The summed E-state index contributed by atoms with van der Waals surface area (Å²) in [5.41, 5.74) is -1.36. The summed E-state index contributed by atoms with van der Waals surface area (Å²) in [7, 11) is 1.12. The normalized spacial score (nSPS) is 51.2. The Morgan fingerprint density at radius 1 is 0.646 bits per heavy atom. The van der Waals surface area contributed by atoms with Crippen LogP contribution in [-0.2, 0) is 61.8 Å². The number of hydrogen-bond donors (Lipinski definition) is 10. The number of ether oxygens (including phenoxy) is 10. The van der Waals surface area contributed by atoms with Crippen LogP contribution in [0.3, 0.4) is 0 Å². The van der Waals surface area contributed by atoms with Crippen LogP contribution in [0.1, 0.15) is 127 Å². The molecule has 0 amide bonds. The van der Waals surface area contributed by atoms with Crippen LogP contribution in [0.4, 0.5) is 0 Å². The maximum absolute atomic E-state index is 15.3. The highest BCUT2D eigenvalue weighted by Crippen LogP contribution is 2.76. The Kier molecular flexibility index (Phi) is 17.1. The zero-order valence-electron chi connectivity index (χ0n) is 47.1. The lowest BCUT2D eigenvalue weighted by atomic mass is 9.33. The standard InChI is InChI=1S/C56H88O23/c1-24-33(60)35(62)37(64)47(72-24)76-42-38(65)43(45(68)70-10)77-48(40(42)67)75-32-14-15-53(7)30(52(32,5)6)13-16-55(9)31(53)12-11-26-27-21-51(3,4)17-19-56(27,20-18-54(26,55)8)50(69)79-49-44(36(63)34(61)29(22-57)74-49)78-46-39(66)41(73-25(2)58)28(59)23-71-46/h11,24,27-44,46-49,57,59-67H,12-23H2,1-10H3/t24-,27-,28+,29+,30-,31+,32-,33-,34+,35+,36-,37+,38-,39+,40+,41-,42-,43-,44-,46-,47-,48+,49-,53-,54+,55+,56-/m0/s1. The molecule has 4 saturated heterocycles. The molecular formula is C56H88O23. The number of carbonyl (C=O) groups is 3. The highest BCUT2D eigenvalue weighted by Gasteiger charge is 2.70. The van der Waals surface area contributed by atoms with E-state index in [2.05, 4.69) is 54.5 Å². The fraction of sp³-hybridized carbons (Fsp3) is 0.911. The Hall–Kier alpha value is -2.53. The predicted molar refractivity (Wildman–Crippen MR) is 270 cm³/mol. The molecule has 4 aliphatic heterocycles. The molecule has 23 heteroatoms. The minimum atomic E-state index is -1.81. The molecule has 4 heterocycles. The number of fused-ring (bicyclic) bond motifs is 7. The van der Waals surface area contributed by atoms with Gasteiger partial charge in [0.1, 0.15) is 67.1 Å². The third kappa shape index (κ3) is 10.2. The van der Waals surface area contributed by atoms with E-state index in [0.29, 0.717) is 38.5 Å². The van der Waals surface area contributed by atoms with Crippen LogP contribution in [0, 0.1) is 50.2 Å². The van der Waals surface area contributed by atoms with Gasteiger partial charge in [0.15, 0.2) is 37.2 Å². The van der Waals surface area contributed by atoms with E-state index < -0.39 is 165 Å². The summed E-state index contributed by atoms with van der Waals surface area (Å²) in [6.07, 6.45) is -21.7. The van der Waals surface area contributed by atoms with E-state index in [1.807, 2.05) is 0 Å². The molecule has 0 radical (unpaired) electrons. The topological polar surface area (TPSA) is 346 Å². The molecule has 0 bridgehead atoms. The third-order valence-corrected chi connectivity index (χ3v) is 21.4. The van der Waals surface area contributed by atoms with Crippen molar-refractivity contribution in [3.8, 4) is 0 Å². The monoisotopic (exact) mass is 1130 g/mol. The van der Waals surface area contributed by atoms with Gasteiger partial charge in [0.25, 0.3) is 0 Å². The molecule has 0 aromatic carbocycles.